The molecule has 0 aromatic rings. The van der Waals surface area contributed by atoms with Gasteiger partial charge in [-0.25, -0.2) is 0 Å². The Labute approximate surface area is 118 Å². The van der Waals surface area contributed by atoms with Crippen molar-refractivity contribution in [2.24, 2.45) is 5.73 Å². The first kappa shape index (κ1) is 16.4. The topological polar surface area (TPSA) is 58.4 Å². The standard InChI is InChI=1S/C15H31N3O/c1-5-10-17-15(4,13(16)19)9-7-12-18-11-6-8-14(18,2)3/h17H,5-12H2,1-4H3,(H2,16,19). The van der Waals surface area contributed by atoms with Crippen molar-refractivity contribution in [2.75, 3.05) is 19.6 Å². The fourth-order valence-electron chi connectivity index (χ4n) is 2.90. The lowest BCUT2D eigenvalue weighted by molar-refractivity contribution is -0.124. The molecule has 1 atom stereocenters. The molecule has 3 N–H and O–H groups in total. The molecule has 0 saturated carbocycles. The van der Waals surface area contributed by atoms with E-state index in [9.17, 15) is 4.79 Å². The van der Waals surface area contributed by atoms with Crippen molar-refractivity contribution in [2.45, 2.75) is 70.9 Å². The highest BCUT2D eigenvalue weighted by Gasteiger charge is 2.33. The van der Waals surface area contributed by atoms with E-state index in [-0.39, 0.29) is 5.91 Å². The Morgan fingerprint density at radius 2 is 2.16 bits per heavy atom. The van der Waals surface area contributed by atoms with E-state index in [0.29, 0.717) is 5.54 Å². The van der Waals surface area contributed by atoms with Crippen LogP contribution in [-0.4, -0.2) is 41.5 Å². The molecule has 1 fully saturated rings. The molecule has 4 heteroatoms. The fourth-order valence-corrected chi connectivity index (χ4v) is 2.90. The quantitative estimate of drug-likeness (QED) is 0.707. The average Bonchev–Trinajstić information content (AvgIpc) is 2.66. The summed E-state index contributed by atoms with van der Waals surface area (Å²) in [6, 6.07) is 0. The Balaban J connectivity index is 2.42. The van der Waals surface area contributed by atoms with Gasteiger partial charge < -0.3 is 11.1 Å². The van der Waals surface area contributed by atoms with Crippen LogP contribution in [0.15, 0.2) is 0 Å². The monoisotopic (exact) mass is 269 g/mol. The van der Waals surface area contributed by atoms with E-state index in [1.165, 1.54) is 19.4 Å². The Morgan fingerprint density at radius 1 is 1.47 bits per heavy atom. The minimum atomic E-state index is -0.556. The van der Waals surface area contributed by atoms with E-state index in [1.54, 1.807) is 0 Å². The molecule has 0 aromatic heterocycles. The Bertz CT molecular complexity index is 304. The third-order valence-corrected chi connectivity index (χ3v) is 4.49. The summed E-state index contributed by atoms with van der Waals surface area (Å²) in [5.41, 5.74) is 5.31. The van der Waals surface area contributed by atoms with Crippen LogP contribution < -0.4 is 11.1 Å². The maximum atomic E-state index is 11.6. The molecule has 1 saturated heterocycles. The van der Waals surface area contributed by atoms with Crippen LogP contribution in [0.25, 0.3) is 0 Å². The number of nitrogens with one attached hydrogen (secondary N) is 1. The van der Waals surface area contributed by atoms with Crippen LogP contribution in [-0.2, 0) is 4.79 Å². The zero-order valence-corrected chi connectivity index (χ0v) is 13.1. The number of nitrogens with zero attached hydrogens (tertiary/aromatic N) is 1. The summed E-state index contributed by atoms with van der Waals surface area (Å²) < 4.78 is 0. The second-order valence-corrected chi connectivity index (χ2v) is 6.63. The third-order valence-electron chi connectivity index (χ3n) is 4.49. The summed E-state index contributed by atoms with van der Waals surface area (Å²) in [7, 11) is 0. The van der Waals surface area contributed by atoms with Gasteiger partial charge in [-0.3, -0.25) is 9.69 Å². The lowest BCUT2D eigenvalue weighted by Crippen LogP contribution is -2.53. The van der Waals surface area contributed by atoms with Crippen LogP contribution in [0.3, 0.4) is 0 Å². The molecule has 0 spiro atoms. The van der Waals surface area contributed by atoms with E-state index in [1.807, 2.05) is 6.92 Å². The summed E-state index contributed by atoms with van der Waals surface area (Å²) in [6.45, 7) is 11.7. The number of carbonyl (C=O) groups is 1. The highest BCUT2D eigenvalue weighted by Crippen LogP contribution is 2.28. The van der Waals surface area contributed by atoms with Gasteiger partial charge in [0.2, 0.25) is 5.91 Å². The van der Waals surface area contributed by atoms with E-state index in [0.717, 1.165) is 32.4 Å². The normalized spacial score (nSPS) is 22.3. The predicted molar refractivity (Wildman–Crippen MR) is 80.0 cm³/mol. The SMILES string of the molecule is CCCNC(C)(CCCN1CCCC1(C)C)C(N)=O. The molecule has 1 heterocycles. The maximum Gasteiger partial charge on any atom is 0.237 e. The molecule has 1 aliphatic heterocycles. The number of likely N-dealkylation sites (tertiary alicyclic amines) is 1. The van der Waals surface area contributed by atoms with Gasteiger partial charge in [-0.2, -0.15) is 0 Å². The number of hydrogen-bond acceptors (Lipinski definition) is 3. The van der Waals surface area contributed by atoms with Crippen LogP contribution in [0.5, 0.6) is 0 Å². The van der Waals surface area contributed by atoms with E-state index in [2.05, 4.69) is 31.0 Å². The zero-order valence-electron chi connectivity index (χ0n) is 13.1. The smallest absolute Gasteiger partial charge is 0.237 e. The molecule has 1 aliphatic rings. The lowest BCUT2D eigenvalue weighted by Gasteiger charge is -2.33. The van der Waals surface area contributed by atoms with Gasteiger partial charge in [-0.1, -0.05) is 6.92 Å². The summed E-state index contributed by atoms with van der Waals surface area (Å²) in [5.74, 6) is -0.235. The summed E-state index contributed by atoms with van der Waals surface area (Å²) in [5, 5.41) is 3.30. The van der Waals surface area contributed by atoms with E-state index >= 15 is 0 Å². The first-order chi connectivity index (χ1) is 8.82. The van der Waals surface area contributed by atoms with E-state index in [4.69, 9.17) is 5.73 Å². The molecule has 0 aromatic carbocycles. The number of primary amides is 1. The number of carbonyl (C=O) groups excluding carboxylic acids is 1. The van der Waals surface area contributed by atoms with Crippen LogP contribution in [0.2, 0.25) is 0 Å². The molecular formula is C15H31N3O. The van der Waals surface area contributed by atoms with Gasteiger partial charge in [-0.05, 0) is 72.5 Å². The minimum Gasteiger partial charge on any atom is -0.368 e. The molecule has 1 rings (SSSR count). The largest absolute Gasteiger partial charge is 0.368 e. The number of rotatable bonds is 8. The lowest BCUT2D eigenvalue weighted by atomic mass is 9.94. The second-order valence-electron chi connectivity index (χ2n) is 6.63. The Morgan fingerprint density at radius 3 is 2.63 bits per heavy atom. The average molecular weight is 269 g/mol. The molecule has 1 amide bonds. The van der Waals surface area contributed by atoms with Gasteiger partial charge in [0.25, 0.3) is 0 Å². The summed E-state index contributed by atoms with van der Waals surface area (Å²) in [6.07, 6.45) is 5.40. The molecule has 0 bridgehead atoms. The Kier molecular flexibility index (Phi) is 5.81. The predicted octanol–water partition coefficient (Wildman–Crippen LogP) is 1.88. The van der Waals surface area contributed by atoms with Crippen LogP contribution in [0, 0.1) is 0 Å². The second kappa shape index (κ2) is 6.71. The van der Waals surface area contributed by atoms with Gasteiger partial charge in [-0.15, -0.1) is 0 Å². The molecule has 4 nitrogen and oxygen atoms in total. The van der Waals surface area contributed by atoms with Crippen molar-refractivity contribution in [3.8, 4) is 0 Å². The maximum absolute atomic E-state index is 11.6. The van der Waals surface area contributed by atoms with Crippen molar-refractivity contribution in [1.29, 1.82) is 0 Å². The van der Waals surface area contributed by atoms with Crippen LogP contribution >= 0.6 is 0 Å². The van der Waals surface area contributed by atoms with Gasteiger partial charge in [0.15, 0.2) is 0 Å². The highest BCUT2D eigenvalue weighted by molar-refractivity contribution is 5.84. The molecule has 0 radical (unpaired) electrons. The van der Waals surface area contributed by atoms with Crippen LogP contribution in [0.1, 0.15) is 59.8 Å². The molecule has 112 valence electrons. The zero-order chi connectivity index (χ0) is 14.5. The number of amides is 1. The van der Waals surface area contributed by atoms with Gasteiger partial charge in [0.05, 0.1) is 5.54 Å². The summed E-state index contributed by atoms with van der Waals surface area (Å²) in [4.78, 5) is 14.2. The third kappa shape index (κ3) is 4.46. The van der Waals surface area contributed by atoms with Crippen LogP contribution in [0.4, 0.5) is 0 Å². The minimum absolute atomic E-state index is 0.235. The Hall–Kier alpha value is -0.610. The van der Waals surface area contributed by atoms with Crippen molar-refractivity contribution in [1.82, 2.24) is 10.2 Å². The number of hydrogen-bond donors (Lipinski definition) is 2. The van der Waals surface area contributed by atoms with E-state index < -0.39 is 5.54 Å². The molecular weight excluding hydrogens is 238 g/mol. The van der Waals surface area contributed by atoms with Crippen molar-refractivity contribution in [3.63, 3.8) is 0 Å². The molecule has 19 heavy (non-hydrogen) atoms. The van der Waals surface area contributed by atoms with Gasteiger partial charge >= 0.3 is 0 Å². The van der Waals surface area contributed by atoms with Crippen molar-refractivity contribution >= 4 is 5.91 Å². The number of nitrogens with two attached hydrogens (primary N) is 1. The van der Waals surface area contributed by atoms with Crippen molar-refractivity contribution < 1.29 is 4.79 Å². The van der Waals surface area contributed by atoms with Gasteiger partial charge in [0.1, 0.15) is 0 Å². The van der Waals surface area contributed by atoms with Crippen molar-refractivity contribution in [3.05, 3.63) is 0 Å². The summed E-state index contributed by atoms with van der Waals surface area (Å²) >= 11 is 0. The first-order valence-electron chi connectivity index (χ1n) is 7.62. The highest BCUT2D eigenvalue weighted by atomic mass is 16.1. The molecule has 1 unspecified atom stereocenters. The fraction of sp³-hybridized carbons (Fsp3) is 0.933. The van der Waals surface area contributed by atoms with Gasteiger partial charge in [0, 0.05) is 5.54 Å². The first-order valence-corrected chi connectivity index (χ1v) is 7.62. The molecule has 0 aliphatic carbocycles.